The molecule has 0 aliphatic carbocycles. The zero-order chi connectivity index (χ0) is 19.4. The fraction of sp³-hybridized carbons (Fsp3) is 0.611. The lowest BCUT2D eigenvalue weighted by atomic mass is 9.93. The molecule has 2 amide bonds. The minimum absolute atomic E-state index is 0.132. The molecule has 0 aromatic heterocycles. The monoisotopic (exact) mass is 373 g/mol. The summed E-state index contributed by atoms with van der Waals surface area (Å²) in [5.41, 5.74) is 0.186. The van der Waals surface area contributed by atoms with E-state index in [2.05, 4.69) is 10.6 Å². The summed E-state index contributed by atoms with van der Waals surface area (Å²) < 4.78 is 42.6. The van der Waals surface area contributed by atoms with Crippen LogP contribution >= 0.6 is 0 Å². The Labute approximate surface area is 151 Å². The molecular formula is C18H26F3N3O2. The van der Waals surface area contributed by atoms with Gasteiger partial charge in [-0.15, -0.1) is 0 Å². The molecule has 0 saturated carbocycles. The molecule has 1 fully saturated rings. The Morgan fingerprint density at radius 1 is 1.23 bits per heavy atom. The van der Waals surface area contributed by atoms with E-state index in [0.717, 1.165) is 5.56 Å². The lowest BCUT2D eigenvalue weighted by Crippen LogP contribution is -2.52. The molecule has 5 nitrogen and oxygen atoms in total. The van der Waals surface area contributed by atoms with Crippen LogP contribution in [0.4, 0.5) is 18.0 Å². The third-order valence-corrected chi connectivity index (χ3v) is 4.53. The Hall–Kier alpha value is -1.96. The average Bonchev–Trinajstić information content (AvgIpc) is 2.54. The molecule has 0 atom stereocenters. The molecule has 1 aliphatic rings. The number of likely N-dealkylation sites (tertiary alicyclic amines) is 1. The number of halogens is 3. The highest BCUT2D eigenvalue weighted by Crippen LogP contribution is 2.29. The van der Waals surface area contributed by atoms with E-state index in [4.69, 9.17) is 4.74 Å². The van der Waals surface area contributed by atoms with Crippen LogP contribution in [0.25, 0.3) is 0 Å². The maximum absolute atomic E-state index is 12.4. The summed E-state index contributed by atoms with van der Waals surface area (Å²) in [6, 6.07) is 6.97. The standard InChI is InChI=1S/C18H26F3N3O2/c1-17(2,14-6-4-5-7-15(14)26-3)23-16(25)22-13-8-10-24(11-9-13)12-18(19,20)21/h4-7,13H,8-12H2,1-3H3,(H2,22,23,25). The van der Waals surface area contributed by atoms with E-state index in [1.807, 2.05) is 38.1 Å². The zero-order valence-corrected chi connectivity index (χ0v) is 15.3. The highest BCUT2D eigenvalue weighted by atomic mass is 19.4. The van der Waals surface area contributed by atoms with Gasteiger partial charge in [0.25, 0.3) is 0 Å². The van der Waals surface area contributed by atoms with E-state index < -0.39 is 18.3 Å². The summed E-state index contributed by atoms with van der Waals surface area (Å²) in [6.45, 7) is 3.49. The number of rotatable bonds is 5. The minimum Gasteiger partial charge on any atom is -0.496 e. The Bertz CT molecular complexity index is 612. The quantitative estimate of drug-likeness (QED) is 0.833. The number of urea groups is 1. The topological polar surface area (TPSA) is 53.6 Å². The first kappa shape index (κ1) is 20.4. The third kappa shape index (κ3) is 5.79. The number of nitrogens with zero attached hydrogens (tertiary/aromatic N) is 1. The van der Waals surface area contributed by atoms with Crippen molar-refractivity contribution in [2.75, 3.05) is 26.7 Å². The Balaban J connectivity index is 1.87. The van der Waals surface area contributed by atoms with Crippen LogP contribution in [-0.2, 0) is 5.54 Å². The zero-order valence-electron chi connectivity index (χ0n) is 15.3. The number of hydrogen-bond acceptors (Lipinski definition) is 3. The van der Waals surface area contributed by atoms with Gasteiger partial charge >= 0.3 is 12.2 Å². The van der Waals surface area contributed by atoms with Crippen molar-refractivity contribution in [2.45, 2.75) is 44.4 Å². The molecule has 0 unspecified atom stereocenters. The van der Waals surface area contributed by atoms with Gasteiger partial charge in [-0.05, 0) is 32.8 Å². The van der Waals surface area contributed by atoms with Gasteiger partial charge in [0.2, 0.25) is 0 Å². The van der Waals surface area contributed by atoms with E-state index in [9.17, 15) is 18.0 Å². The van der Waals surface area contributed by atoms with E-state index in [1.54, 1.807) is 7.11 Å². The highest BCUT2D eigenvalue weighted by Gasteiger charge is 2.33. The highest BCUT2D eigenvalue weighted by molar-refractivity contribution is 5.75. The number of carbonyl (C=O) groups is 1. The van der Waals surface area contributed by atoms with Crippen molar-refractivity contribution in [1.29, 1.82) is 0 Å². The van der Waals surface area contributed by atoms with E-state index in [0.29, 0.717) is 31.7 Å². The van der Waals surface area contributed by atoms with E-state index >= 15 is 0 Å². The second kappa shape index (κ2) is 8.16. The molecule has 1 saturated heterocycles. The molecule has 0 bridgehead atoms. The van der Waals surface area contributed by atoms with E-state index in [-0.39, 0.29) is 12.1 Å². The van der Waals surface area contributed by atoms with Crippen LogP contribution in [0.2, 0.25) is 0 Å². The molecule has 2 N–H and O–H groups in total. The fourth-order valence-electron chi connectivity index (χ4n) is 3.22. The molecular weight excluding hydrogens is 347 g/mol. The number of alkyl halides is 3. The number of ether oxygens (including phenoxy) is 1. The molecule has 1 aliphatic heterocycles. The average molecular weight is 373 g/mol. The number of para-hydroxylation sites is 1. The molecule has 1 aromatic carbocycles. The number of amides is 2. The molecule has 2 rings (SSSR count). The van der Waals surface area contributed by atoms with Gasteiger partial charge in [-0.25, -0.2) is 4.79 Å². The number of methoxy groups -OCH3 is 1. The van der Waals surface area contributed by atoms with Gasteiger partial charge in [-0.2, -0.15) is 13.2 Å². The predicted molar refractivity (Wildman–Crippen MR) is 93.2 cm³/mol. The van der Waals surface area contributed by atoms with Crippen molar-refractivity contribution < 1.29 is 22.7 Å². The second-order valence-electron chi connectivity index (χ2n) is 7.09. The summed E-state index contributed by atoms with van der Waals surface area (Å²) in [5.74, 6) is 0.679. The molecule has 146 valence electrons. The lowest BCUT2D eigenvalue weighted by molar-refractivity contribution is -0.148. The summed E-state index contributed by atoms with van der Waals surface area (Å²) in [7, 11) is 1.57. The van der Waals surface area contributed by atoms with Gasteiger partial charge in [-0.1, -0.05) is 18.2 Å². The first-order chi connectivity index (χ1) is 12.1. The van der Waals surface area contributed by atoms with Crippen LogP contribution in [-0.4, -0.2) is 49.9 Å². The smallest absolute Gasteiger partial charge is 0.401 e. The number of nitrogens with one attached hydrogen (secondary N) is 2. The molecule has 26 heavy (non-hydrogen) atoms. The largest absolute Gasteiger partial charge is 0.496 e. The van der Waals surface area contributed by atoms with E-state index in [1.165, 1.54) is 4.90 Å². The summed E-state index contributed by atoms with van der Waals surface area (Å²) in [6.07, 6.45) is -3.19. The first-order valence-corrected chi connectivity index (χ1v) is 8.62. The summed E-state index contributed by atoms with van der Waals surface area (Å²) in [4.78, 5) is 13.7. The molecule has 1 heterocycles. The van der Waals surface area contributed by atoms with Gasteiger partial charge in [0.1, 0.15) is 5.75 Å². The van der Waals surface area contributed by atoms with Crippen LogP contribution in [0.15, 0.2) is 24.3 Å². The maximum atomic E-state index is 12.4. The third-order valence-electron chi connectivity index (χ3n) is 4.53. The molecule has 0 spiro atoms. The Morgan fingerprint density at radius 3 is 2.42 bits per heavy atom. The van der Waals surface area contributed by atoms with Crippen LogP contribution in [0.1, 0.15) is 32.3 Å². The van der Waals surface area contributed by atoms with Crippen molar-refractivity contribution in [1.82, 2.24) is 15.5 Å². The number of hydrogen-bond donors (Lipinski definition) is 2. The van der Waals surface area contributed by atoms with Crippen molar-refractivity contribution in [3.63, 3.8) is 0 Å². The summed E-state index contributed by atoms with van der Waals surface area (Å²) >= 11 is 0. The van der Waals surface area contributed by atoms with Crippen LogP contribution in [0.3, 0.4) is 0 Å². The molecule has 0 radical (unpaired) electrons. The van der Waals surface area contributed by atoms with Crippen molar-refractivity contribution >= 4 is 6.03 Å². The SMILES string of the molecule is COc1ccccc1C(C)(C)NC(=O)NC1CCN(CC(F)(F)F)CC1. The first-order valence-electron chi connectivity index (χ1n) is 8.62. The normalized spacial score (nSPS) is 17.0. The van der Waals surface area contributed by atoms with Gasteiger partial charge in [0.15, 0.2) is 0 Å². The molecule has 1 aromatic rings. The second-order valence-corrected chi connectivity index (χ2v) is 7.09. The number of carbonyl (C=O) groups excluding carboxylic acids is 1. The fourth-order valence-corrected chi connectivity index (χ4v) is 3.22. The Kier molecular flexibility index (Phi) is 6.39. The van der Waals surface area contributed by atoms with Crippen LogP contribution in [0.5, 0.6) is 5.75 Å². The van der Waals surface area contributed by atoms with Gasteiger partial charge in [0.05, 0.1) is 19.2 Å². The van der Waals surface area contributed by atoms with Crippen LogP contribution in [0, 0.1) is 0 Å². The van der Waals surface area contributed by atoms with Gasteiger partial charge in [-0.3, -0.25) is 4.90 Å². The Morgan fingerprint density at radius 2 is 1.85 bits per heavy atom. The number of benzene rings is 1. The predicted octanol–water partition coefficient (Wildman–Crippen LogP) is 3.26. The molecule has 8 heteroatoms. The van der Waals surface area contributed by atoms with Crippen molar-refractivity contribution in [2.24, 2.45) is 0 Å². The maximum Gasteiger partial charge on any atom is 0.401 e. The van der Waals surface area contributed by atoms with Crippen molar-refractivity contribution in [3.05, 3.63) is 29.8 Å². The van der Waals surface area contributed by atoms with Gasteiger partial charge < -0.3 is 15.4 Å². The lowest BCUT2D eigenvalue weighted by Gasteiger charge is -2.34. The van der Waals surface area contributed by atoms with Crippen molar-refractivity contribution in [3.8, 4) is 5.75 Å². The van der Waals surface area contributed by atoms with Gasteiger partial charge in [0, 0.05) is 24.7 Å². The number of piperidine rings is 1. The minimum atomic E-state index is -4.18. The summed E-state index contributed by atoms with van der Waals surface area (Å²) in [5, 5.41) is 5.79. The van der Waals surface area contributed by atoms with Crippen LogP contribution < -0.4 is 15.4 Å².